The lowest BCUT2D eigenvalue weighted by atomic mass is 9.70. The van der Waals surface area contributed by atoms with Gasteiger partial charge < -0.3 is 29.3 Å². The smallest absolute Gasteiger partial charge is 0.248 e. The van der Waals surface area contributed by atoms with Gasteiger partial charge in [0.25, 0.3) is 0 Å². The van der Waals surface area contributed by atoms with Crippen LogP contribution < -0.4 is 9.64 Å². The van der Waals surface area contributed by atoms with Crippen molar-refractivity contribution in [1.82, 2.24) is 9.80 Å². The fourth-order valence-electron chi connectivity index (χ4n) is 7.15. The Morgan fingerprint density at radius 3 is 2.45 bits per heavy atom. The lowest BCUT2D eigenvalue weighted by Crippen LogP contribution is -2.58. The number of likely N-dealkylation sites (tertiary alicyclic amines) is 1. The van der Waals surface area contributed by atoms with Gasteiger partial charge in [-0.1, -0.05) is 38.8 Å². The summed E-state index contributed by atoms with van der Waals surface area (Å²) < 4.78 is 12.2. The van der Waals surface area contributed by atoms with Crippen LogP contribution in [0.2, 0.25) is 0 Å². The Morgan fingerprint density at radius 1 is 1.14 bits per heavy atom. The molecule has 2 unspecified atom stereocenters. The summed E-state index contributed by atoms with van der Waals surface area (Å²) in [4.78, 5) is 48.0. The third kappa shape index (κ3) is 5.61. The highest BCUT2D eigenvalue weighted by molar-refractivity contribution is 6.03. The van der Waals surface area contributed by atoms with Crippen molar-refractivity contribution in [3.8, 4) is 5.75 Å². The normalized spacial score (nSPS) is 26.6. The van der Waals surface area contributed by atoms with Crippen molar-refractivity contribution in [2.45, 2.75) is 83.1 Å². The van der Waals surface area contributed by atoms with E-state index in [4.69, 9.17) is 9.47 Å². The summed E-state index contributed by atoms with van der Waals surface area (Å²) in [5.41, 5.74) is -0.449. The third-order valence-electron chi connectivity index (χ3n) is 9.06. The number of ether oxygens (including phenoxy) is 2. The minimum atomic E-state index is -1.12. The van der Waals surface area contributed by atoms with Crippen molar-refractivity contribution in [1.29, 1.82) is 0 Å². The van der Waals surface area contributed by atoms with E-state index in [0.29, 0.717) is 50.4 Å². The van der Waals surface area contributed by atoms with E-state index in [9.17, 15) is 19.5 Å². The SMILES string of the molecule is C=CCN(CCCCC)C(=O)C1N([C@@H](CC)CO)C(=O)[C@@H]2[C@@H](C(=O)N(CC=C)c3ccc(OCC)cc3)[C@H]3CCC12O3. The monoisotopic (exact) mass is 581 g/mol. The predicted molar refractivity (Wildman–Crippen MR) is 162 cm³/mol. The number of amides is 3. The van der Waals surface area contributed by atoms with Crippen LogP contribution in [0.1, 0.15) is 59.3 Å². The number of carbonyl (C=O) groups is 3. The highest BCUT2D eigenvalue weighted by atomic mass is 16.5. The highest BCUT2D eigenvalue weighted by Gasteiger charge is 2.75. The van der Waals surface area contributed by atoms with Gasteiger partial charge in [0.2, 0.25) is 17.7 Å². The summed E-state index contributed by atoms with van der Waals surface area (Å²) in [5, 5.41) is 10.3. The van der Waals surface area contributed by atoms with Gasteiger partial charge in [-0.05, 0) is 56.9 Å². The molecule has 9 nitrogen and oxygen atoms in total. The van der Waals surface area contributed by atoms with Crippen LogP contribution >= 0.6 is 0 Å². The average Bonchev–Trinajstić information content (AvgIpc) is 3.64. The number of carbonyl (C=O) groups excluding carboxylic acids is 3. The first-order chi connectivity index (χ1) is 20.3. The number of rotatable bonds is 16. The van der Waals surface area contributed by atoms with E-state index >= 15 is 0 Å². The standard InChI is InChI=1S/C33H47N3O6/c1-6-11-12-21-34(19-7-2)32(40)29-33-18-17-26(42-33)27(28(33)31(39)36(29)23(9-4)22-37)30(38)35(20-8-3)24-13-15-25(16-14-24)41-10-5/h7-8,13-16,23,26-29,37H,2-3,6,9-12,17-22H2,1,4-5H3/t23-,26+,27-,28-,29?,33?/m0/s1. The van der Waals surface area contributed by atoms with Crippen molar-refractivity contribution in [3.05, 3.63) is 49.6 Å². The van der Waals surface area contributed by atoms with Gasteiger partial charge in [-0.2, -0.15) is 0 Å². The number of fused-ring (bicyclic) bond motifs is 1. The predicted octanol–water partition coefficient (Wildman–Crippen LogP) is 3.95. The van der Waals surface area contributed by atoms with Crippen molar-refractivity contribution >= 4 is 23.4 Å². The summed E-state index contributed by atoms with van der Waals surface area (Å²) in [6.07, 6.45) is 7.29. The summed E-state index contributed by atoms with van der Waals surface area (Å²) in [7, 11) is 0. The van der Waals surface area contributed by atoms with Crippen LogP contribution in [0.15, 0.2) is 49.6 Å². The van der Waals surface area contributed by atoms with Crippen LogP contribution in [0.25, 0.3) is 0 Å². The largest absolute Gasteiger partial charge is 0.494 e. The second-order valence-electron chi connectivity index (χ2n) is 11.5. The molecule has 1 N–H and O–H groups in total. The Balaban J connectivity index is 1.72. The zero-order valence-corrected chi connectivity index (χ0v) is 25.4. The van der Waals surface area contributed by atoms with E-state index in [-0.39, 0.29) is 30.9 Å². The molecule has 3 heterocycles. The number of hydrogen-bond acceptors (Lipinski definition) is 6. The van der Waals surface area contributed by atoms with Crippen LogP contribution in [0.5, 0.6) is 5.75 Å². The Labute approximate surface area is 250 Å². The molecule has 0 radical (unpaired) electrons. The molecule has 3 fully saturated rings. The summed E-state index contributed by atoms with van der Waals surface area (Å²) in [6.45, 7) is 15.0. The van der Waals surface area contributed by atoms with Crippen LogP contribution in [0, 0.1) is 11.8 Å². The van der Waals surface area contributed by atoms with Crippen LogP contribution in [0.4, 0.5) is 5.69 Å². The van der Waals surface area contributed by atoms with E-state index in [1.165, 1.54) is 0 Å². The molecule has 1 aromatic rings. The fourth-order valence-corrected chi connectivity index (χ4v) is 7.15. The third-order valence-corrected chi connectivity index (χ3v) is 9.06. The summed E-state index contributed by atoms with van der Waals surface area (Å²) >= 11 is 0. The first-order valence-electron chi connectivity index (χ1n) is 15.5. The number of nitrogens with zero attached hydrogens (tertiary/aromatic N) is 3. The fraction of sp³-hybridized carbons (Fsp3) is 0.606. The first kappa shape index (κ1) is 31.8. The highest BCUT2D eigenvalue weighted by Crippen LogP contribution is 2.59. The van der Waals surface area contributed by atoms with Gasteiger partial charge in [0, 0.05) is 25.3 Å². The molecule has 3 aliphatic rings. The van der Waals surface area contributed by atoms with Crippen LogP contribution in [-0.4, -0.2) is 89.3 Å². The van der Waals surface area contributed by atoms with Gasteiger partial charge >= 0.3 is 0 Å². The number of unbranched alkanes of at least 4 members (excludes halogenated alkanes) is 2. The number of hydrogen-bond donors (Lipinski definition) is 1. The van der Waals surface area contributed by atoms with E-state index in [0.717, 1.165) is 19.3 Å². The van der Waals surface area contributed by atoms with Gasteiger partial charge in [0.1, 0.15) is 17.4 Å². The topological polar surface area (TPSA) is 99.6 Å². The first-order valence-corrected chi connectivity index (χ1v) is 15.5. The van der Waals surface area contributed by atoms with Crippen molar-refractivity contribution in [2.24, 2.45) is 11.8 Å². The Bertz CT molecular complexity index is 1140. The second kappa shape index (κ2) is 13.9. The molecule has 9 heteroatoms. The van der Waals surface area contributed by atoms with Gasteiger partial charge in [0.15, 0.2) is 0 Å². The summed E-state index contributed by atoms with van der Waals surface area (Å²) in [5.74, 6) is -1.56. The molecule has 4 rings (SSSR count). The number of benzene rings is 1. The molecule has 1 aromatic carbocycles. The molecular formula is C33H47N3O6. The lowest BCUT2D eigenvalue weighted by Gasteiger charge is -2.39. The van der Waals surface area contributed by atoms with Crippen molar-refractivity contribution in [3.63, 3.8) is 0 Å². The number of anilines is 1. The minimum Gasteiger partial charge on any atom is -0.494 e. The minimum absolute atomic E-state index is 0.197. The maximum Gasteiger partial charge on any atom is 0.248 e. The van der Waals surface area contributed by atoms with E-state index in [1.54, 1.807) is 26.9 Å². The molecule has 42 heavy (non-hydrogen) atoms. The molecule has 2 bridgehead atoms. The number of aliphatic hydroxyl groups is 1. The zero-order valence-electron chi connectivity index (χ0n) is 25.4. The average molecular weight is 582 g/mol. The van der Waals surface area contributed by atoms with Crippen LogP contribution in [0.3, 0.4) is 0 Å². The molecule has 0 aromatic heterocycles. The maximum atomic E-state index is 14.4. The number of aliphatic hydroxyl groups excluding tert-OH is 1. The molecule has 0 saturated carbocycles. The van der Waals surface area contributed by atoms with Gasteiger partial charge in [-0.15, -0.1) is 13.2 Å². The molecule has 1 spiro atoms. The van der Waals surface area contributed by atoms with Crippen molar-refractivity contribution < 1.29 is 29.0 Å². The Hall–Kier alpha value is -3.17. The van der Waals surface area contributed by atoms with E-state index < -0.39 is 35.6 Å². The van der Waals surface area contributed by atoms with Gasteiger partial charge in [0.05, 0.1) is 37.2 Å². The Morgan fingerprint density at radius 2 is 1.86 bits per heavy atom. The van der Waals surface area contributed by atoms with E-state index in [2.05, 4.69) is 20.1 Å². The van der Waals surface area contributed by atoms with Crippen LogP contribution in [-0.2, 0) is 19.1 Å². The van der Waals surface area contributed by atoms with Gasteiger partial charge in [-0.25, -0.2) is 0 Å². The van der Waals surface area contributed by atoms with E-state index in [1.807, 2.05) is 38.1 Å². The van der Waals surface area contributed by atoms with Crippen molar-refractivity contribution in [2.75, 3.05) is 37.7 Å². The molecule has 230 valence electrons. The lowest BCUT2D eigenvalue weighted by molar-refractivity contribution is -0.151. The quantitative estimate of drug-likeness (QED) is 0.234. The molecule has 3 saturated heterocycles. The second-order valence-corrected chi connectivity index (χ2v) is 11.5. The zero-order chi connectivity index (χ0) is 30.4. The Kier molecular flexibility index (Phi) is 10.5. The molecular weight excluding hydrogens is 534 g/mol. The maximum absolute atomic E-state index is 14.4. The molecule has 0 aliphatic carbocycles. The molecule has 3 aliphatic heterocycles. The molecule has 3 amide bonds. The molecule has 6 atom stereocenters. The summed E-state index contributed by atoms with van der Waals surface area (Å²) in [6, 6.07) is 5.83. The van der Waals surface area contributed by atoms with Gasteiger partial charge in [-0.3, -0.25) is 14.4 Å².